The number of ether oxygens (including phenoxy) is 1. The summed E-state index contributed by atoms with van der Waals surface area (Å²) in [7, 11) is 0. The fourth-order valence-corrected chi connectivity index (χ4v) is 4.28. The quantitative estimate of drug-likeness (QED) is 0.223. The molecule has 10 nitrogen and oxygen atoms in total. The summed E-state index contributed by atoms with van der Waals surface area (Å²) in [5.41, 5.74) is -2.08. The normalized spacial score (nSPS) is 14.5. The molecular formula is C27H25F6N3O7. The van der Waals surface area contributed by atoms with Gasteiger partial charge in [-0.05, 0) is 43.5 Å². The monoisotopic (exact) mass is 617 g/mol. The Labute approximate surface area is 240 Å². The number of carbonyl (C=O) groups is 5. The molecule has 3 N–H and O–H groups in total. The van der Waals surface area contributed by atoms with E-state index in [0.29, 0.717) is 6.07 Å². The van der Waals surface area contributed by atoms with Gasteiger partial charge in [0.15, 0.2) is 23.2 Å². The van der Waals surface area contributed by atoms with Crippen molar-refractivity contribution in [3.63, 3.8) is 0 Å². The van der Waals surface area contributed by atoms with Crippen molar-refractivity contribution in [2.45, 2.75) is 38.4 Å². The number of carboxylic acids is 1. The molecule has 1 heterocycles. The van der Waals surface area contributed by atoms with Crippen LogP contribution in [0.25, 0.3) is 0 Å². The summed E-state index contributed by atoms with van der Waals surface area (Å²) < 4.78 is 86.0. The third-order valence-corrected chi connectivity index (χ3v) is 6.57. The topological polar surface area (TPSA) is 142 Å². The van der Waals surface area contributed by atoms with Crippen LogP contribution in [0.15, 0.2) is 30.3 Å². The number of hydrogen-bond acceptors (Lipinski definition) is 6. The number of carbonyl (C=O) groups excluding carboxylic acids is 4. The molecule has 3 rings (SSSR count). The summed E-state index contributed by atoms with van der Waals surface area (Å²) in [5, 5.41) is 13.3. The Balaban J connectivity index is 1.58. The summed E-state index contributed by atoms with van der Waals surface area (Å²) in [6, 6.07) is 2.96. The van der Waals surface area contributed by atoms with Gasteiger partial charge in [-0.15, -0.1) is 0 Å². The van der Waals surface area contributed by atoms with E-state index in [1.807, 2.05) is 5.32 Å². The molecule has 2 aromatic carbocycles. The fourth-order valence-electron chi connectivity index (χ4n) is 4.28. The SMILES string of the molecule is Cc1cc(F)c(F)c(OCC(=O)[C@H](CC(=O)O)NC(=O)C2CCN(C(=O)C(=O)Nc3ccccc3C(F)(F)F)CC2)c1F. The maximum Gasteiger partial charge on any atom is 0.418 e. The lowest BCUT2D eigenvalue weighted by molar-refractivity contribution is -0.145. The molecule has 0 saturated carbocycles. The first-order valence-electron chi connectivity index (χ1n) is 12.7. The van der Waals surface area contributed by atoms with Crippen LogP contribution >= 0.6 is 0 Å². The molecule has 0 aliphatic carbocycles. The van der Waals surface area contributed by atoms with Crippen LogP contribution in [0.1, 0.15) is 30.4 Å². The van der Waals surface area contributed by atoms with Crippen LogP contribution in [0.3, 0.4) is 0 Å². The lowest BCUT2D eigenvalue weighted by Gasteiger charge is -2.31. The summed E-state index contributed by atoms with van der Waals surface area (Å²) in [5.74, 6) is -12.3. The number of amides is 3. The molecule has 1 fully saturated rings. The van der Waals surface area contributed by atoms with Crippen molar-refractivity contribution in [3.05, 3.63) is 58.9 Å². The molecule has 3 amide bonds. The Bertz CT molecular complexity index is 1400. The zero-order chi connectivity index (χ0) is 32.1. The molecule has 2 aromatic rings. The number of nitrogens with zero attached hydrogens (tertiary/aromatic N) is 1. The minimum atomic E-state index is -4.78. The molecule has 1 aliphatic rings. The molecule has 1 saturated heterocycles. The summed E-state index contributed by atoms with van der Waals surface area (Å²) in [4.78, 5) is 62.6. The highest BCUT2D eigenvalue weighted by Gasteiger charge is 2.36. The van der Waals surface area contributed by atoms with Crippen LogP contribution < -0.4 is 15.4 Å². The van der Waals surface area contributed by atoms with E-state index >= 15 is 0 Å². The average molecular weight is 617 g/mol. The van der Waals surface area contributed by atoms with Crippen LogP contribution in [-0.4, -0.2) is 65.2 Å². The lowest BCUT2D eigenvalue weighted by Crippen LogP contribution is -2.50. The van der Waals surface area contributed by atoms with Gasteiger partial charge < -0.3 is 25.4 Å². The zero-order valence-electron chi connectivity index (χ0n) is 22.4. The van der Waals surface area contributed by atoms with E-state index in [1.54, 1.807) is 0 Å². The Hall–Kier alpha value is -4.63. The second-order valence-electron chi connectivity index (χ2n) is 9.61. The third kappa shape index (κ3) is 8.23. The second kappa shape index (κ2) is 13.6. The van der Waals surface area contributed by atoms with E-state index < -0.39 is 95.1 Å². The lowest BCUT2D eigenvalue weighted by atomic mass is 9.95. The number of alkyl halides is 3. The molecule has 0 bridgehead atoms. The van der Waals surface area contributed by atoms with Gasteiger partial charge >= 0.3 is 24.0 Å². The van der Waals surface area contributed by atoms with Gasteiger partial charge in [0.1, 0.15) is 12.6 Å². The van der Waals surface area contributed by atoms with Gasteiger partial charge in [-0.3, -0.25) is 24.0 Å². The van der Waals surface area contributed by atoms with Gasteiger partial charge in [-0.1, -0.05) is 12.1 Å². The Kier molecular flexibility index (Phi) is 10.4. The first-order valence-corrected chi connectivity index (χ1v) is 12.7. The van der Waals surface area contributed by atoms with E-state index in [1.165, 1.54) is 6.07 Å². The van der Waals surface area contributed by atoms with Crippen molar-refractivity contribution in [1.29, 1.82) is 0 Å². The number of Topliss-reactive ketones (excluding diaryl/α,β-unsaturated/α-hetero) is 1. The number of halogens is 6. The predicted molar refractivity (Wildman–Crippen MR) is 135 cm³/mol. The number of aliphatic carboxylic acids is 1. The average Bonchev–Trinajstić information content (AvgIpc) is 2.94. The number of ketones is 1. The standard InChI is InChI=1S/C27H25F6N3O7/c1-13-10-16(28)22(30)23(21(13)29)43-12-19(37)18(11-20(38)39)35-24(40)14-6-8-36(9-7-14)26(42)25(41)34-17-5-3-2-4-15(17)27(31,32)33/h2-5,10,14,18H,6-9,11-12H2,1H3,(H,34,41)(H,35,40)(H,38,39)/t18-/m0/s1. The summed E-state index contributed by atoms with van der Waals surface area (Å²) in [6.45, 7) is -0.306. The largest absolute Gasteiger partial charge is 0.481 e. The number of nitrogens with one attached hydrogen (secondary N) is 2. The number of likely N-dealkylation sites (tertiary alicyclic amines) is 1. The highest BCUT2D eigenvalue weighted by molar-refractivity contribution is 6.39. The molecule has 1 atom stereocenters. The molecule has 1 aliphatic heterocycles. The molecule has 0 spiro atoms. The first kappa shape index (κ1) is 32.9. The number of carboxylic acid groups (broad SMARTS) is 1. The smallest absolute Gasteiger partial charge is 0.418 e. The van der Waals surface area contributed by atoms with Crippen LogP contribution in [0, 0.1) is 30.3 Å². The van der Waals surface area contributed by atoms with Crippen molar-refractivity contribution in [2.75, 3.05) is 25.0 Å². The Morgan fingerprint density at radius 3 is 2.28 bits per heavy atom. The number of piperidine rings is 1. The van der Waals surface area contributed by atoms with Crippen LogP contribution in [0.2, 0.25) is 0 Å². The fraction of sp³-hybridized carbons (Fsp3) is 0.370. The van der Waals surface area contributed by atoms with Gasteiger partial charge in [0, 0.05) is 19.0 Å². The van der Waals surface area contributed by atoms with Crippen LogP contribution in [0.5, 0.6) is 5.75 Å². The molecular weight excluding hydrogens is 592 g/mol. The number of aryl methyl sites for hydroxylation is 1. The molecule has 0 unspecified atom stereocenters. The van der Waals surface area contributed by atoms with Crippen LogP contribution in [-0.2, 0) is 30.1 Å². The number of para-hydroxylation sites is 1. The first-order chi connectivity index (χ1) is 20.1. The van der Waals surface area contributed by atoms with Crippen molar-refractivity contribution >= 4 is 35.2 Å². The molecule has 232 valence electrons. The van der Waals surface area contributed by atoms with E-state index in [9.17, 15) is 50.3 Å². The maximum atomic E-state index is 14.2. The number of hydrogen-bond donors (Lipinski definition) is 3. The second-order valence-corrected chi connectivity index (χ2v) is 9.61. The van der Waals surface area contributed by atoms with Crippen LogP contribution in [0.4, 0.5) is 32.0 Å². The number of rotatable bonds is 9. The summed E-state index contributed by atoms with van der Waals surface area (Å²) in [6.07, 6.45) is -5.80. The van der Waals surface area contributed by atoms with Gasteiger partial charge in [0.25, 0.3) is 0 Å². The molecule has 43 heavy (non-hydrogen) atoms. The molecule has 0 aromatic heterocycles. The van der Waals surface area contributed by atoms with E-state index in [-0.39, 0.29) is 31.5 Å². The van der Waals surface area contributed by atoms with Gasteiger partial charge in [-0.2, -0.15) is 17.6 Å². The van der Waals surface area contributed by atoms with E-state index in [4.69, 9.17) is 9.84 Å². The molecule has 16 heteroatoms. The minimum absolute atomic E-state index is 0.0481. The van der Waals surface area contributed by atoms with Crippen molar-refractivity contribution in [3.8, 4) is 5.75 Å². The molecule has 0 radical (unpaired) electrons. The number of anilines is 1. The zero-order valence-corrected chi connectivity index (χ0v) is 22.4. The highest BCUT2D eigenvalue weighted by Crippen LogP contribution is 2.34. The van der Waals surface area contributed by atoms with Crippen molar-refractivity contribution in [1.82, 2.24) is 10.2 Å². The van der Waals surface area contributed by atoms with Crippen molar-refractivity contribution in [2.24, 2.45) is 5.92 Å². The Morgan fingerprint density at radius 2 is 1.67 bits per heavy atom. The van der Waals surface area contributed by atoms with E-state index in [2.05, 4.69) is 5.32 Å². The summed E-state index contributed by atoms with van der Waals surface area (Å²) >= 11 is 0. The Morgan fingerprint density at radius 1 is 1.05 bits per heavy atom. The minimum Gasteiger partial charge on any atom is -0.481 e. The highest BCUT2D eigenvalue weighted by atomic mass is 19.4. The van der Waals surface area contributed by atoms with Gasteiger partial charge in [0.2, 0.25) is 11.7 Å². The third-order valence-electron chi connectivity index (χ3n) is 6.57. The van der Waals surface area contributed by atoms with Crippen molar-refractivity contribution < 1.29 is 60.2 Å². The van der Waals surface area contributed by atoms with Gasteiger partial charge in [-0.25, -0.2) is 8.78 Å². The maximum absolute atomic E-state index is 14.2. The number of benzene rings is 2. The van der Waals surface area contributed by atoms with Gasteiger partial charge in [0.05, 0.1) is 17.7 Å². The predicted octanol–water partition coefficient (Wildman–Crippen LogP) is 3.22. The van der Waals surface area contributed by atoms with E-state index in [0.717, 1.165) is 30.0 Å².